The van der Waals surface area contributed by atoms with E-state index in [0.29, 0.717) is 10.3 Å². The molecule has 3 aromatic rings. The van der Waals surface area contributed by atoms with E-state index in [2.05, 4.69) is 54.8 Å². The lowest BCUT2D eigenvalue weighted by Gasteiger charge is -2.11. The first-order valence-electron chi connectivity index (χ1n) is 10.6. The number of nitrogens with zero attached hydrogens (tertiary/aromatic N) is 2. The van der Waals surface area contributed by atoms with Crippen LogP contribution in [0.3, 0.4) is 0 Å². The van der Waals surface area contributed by atoms with Gasteiger partial charge >= 0.3 is 12.1 Å². The van der Waals surface area contributed by atoms with Crippen LogP contribution in [0.4, 0.5) is 19.0 Å². The van der Waals surface area contributed by atoms with Crippen LogP contribution in [0, 0.1) is 0 Å². The minimum atomic E-state index is -5.08. The third-order valence-corrected chi connectivity index (χ3v) is 6.15. The fourth-order valence-electron chi connectivity index (χ4n) is 2.80. The number of unbranched alkanes of at least 4 members (excludes halogenated alkanes) is 1. The Morgan fingerprint density at radius 2 is 1.97 bits per heavy atom. The second-order valence-corrected chi connectivity index (χ2v) is 9.28. The Kier molecular flexibility index (Phi) is 9.91. The lowest BCUT2D eigenvalue weighted by atomic mass is 10.1. The van der Waals surface area contributed by atoms with Crippen LogP contribution in [0.5, 0.6) is 0 Å². The number of carboxylic acid groups (broad SMARTS) is 1. The van der Waals surface area contributed by atoms with Crippen molar-refractivity contribution >= 4 is 40.8 Å². The van der Waals surface area contributed by atoms with E-state index in [0.717, 1.165) is 48.5 Å². The molecule has 0 aliphatic carbocycles. The van der Waals surface area contributed by atoms with Gasteiger partial charge < -0.3 is 10.4 Å². The number of carbonyl (C=O) groups is 1. The van der Waals surface area contributed by atoms with Gasteiger partial charge in [-0.2, -0.15) is 13.2 Å². The topological polar surface area (TPSA) is 66.6 Å². The average molecular weight is 502 g/mol. The number of anilines is 1. The van der Waals surface area contributed by atoms with E-state index >= 15 is 0 Å². The molecule has 0 saturated carbocycles. The minimum absolute atomic E-state index is 0.604. The molecule has 2 N–H and O–H groups in total. The summed E-state index contributed by atoms with van der Waals surface area (Å²) >= 11 is 8.14. The summed E-state index contributed by atoms with van der Waals surface area (Å²) in [6.07, 6.45) is 0.281. The number of hydrogen-bond donors (Lipinski definition) is 2. The second-order valence-electron chi connectivity index (χ2n) is 7.33. The van der Waals surface area contributed by atoms with Gasteiger partial charge in [0, 0.05) is 28.5 Å². The van der Waals surface area contributed by atoms with E-state index in [9.17, 15) is 13.2 Å². The highest BCUT2D eigenvalue weighted by Gasteiger charge is 2.38. The number of benzene rings is 1. The molecule has 10 heteroatoms. The fourth-order valence-corrected chi connectivity index (χ4v) is 3.95. The summed E-state index contributed by atoms with van der Waals surface area (Å²) in [6.45, 7) is 7.61. The van der Waals surface area contributed by atoms with E-state index in [1.807, 2.05) is 30.1 Å². The van der Waals surface area contributed by atoms with Gasteiger partial charge in [-0.25, -0.2) is 9.78 Å². The van der Waals surface area contributed by atoms with E-state index in [-0.39, 0.29) is 0 Å². The minimum Gasteiger partial charge on any atom is -0.475 e. The molecule has 0 saturated heterocycles. The smallest absolute Gasteiger partial charge is 0.475 e. The van der Waals surface area contributed by atoms with Gasteiger partial charge in [0.15, 0.2) is 0 Å². The second kappa shape index (κ2) is 12.2. The molecule has 0 aliphatic rings. The molecule has 33 heavy (non-hydrogen) atoms. The maximum Gasteiger partial charge on any atom is 0.490 e. The summed E-state index contributed by atoms with van der Waals surface area (Å²) in [5, 5.41) is 12.0. The van der Waals surface area contributed by atoms with Crippen LogP contribution in [-0.4, -0.2) is 38.4 Å². The number of aliphatic carboxylic acids is 1. The average Bonchev–Trinajstić information content (AvgIpc) is 3.11. The molecule has 0 radical (unpaired) electrons. The molecule has 1 aromatic carbocycles. The van der Waals surface area contributed by atoms with Gasteiger partial charge in [-0.1, -0.05) is 50.9 Å². The highest BCUT2D eigenvalue weighted by molar-refractivity contribution is 7.99. The SMILES string of the molecule is CCCCNc1c(-c2cccc(SC(C)CC)c2)nc2ccc(Cl)cn12.O=C(O)C(F)(F)F. The highest BCUT2D eigenvalue weighted by Crippen LogP contribution is 2.33. The van der Waals surface area contributed by atoms with Gasteiger partial charge in [0.2, 0.25) is 0 Å². The van der Waals surface area contributed by atoms with Crippen molar-refractivity contribution in [2.45, 2.75) is 56.4 Å². The summed E-state index contributed by atoms with van der Waals surface area (Å²) < 4.78 is 33.8. The number of fused-ring (bicyclic) bond motifs is 1. The highest BCUT2D eigenvalue weighted by atomic mass is 35.5. The number of pyridine rings is 1. The number of halogens is 4. The molecular formula is C23H27ClF3N3O2S. The lowest BCUT2D eigenvalue weighted by molar-refractivity contribution is -0.192. The molecule has 2 heterocycles. The van der Waals surface area contributed by atoms with Gasteiger partial charge in [-0.05, 0) is 37.1 Å². The monoisotopic (exact) mass is 501 g/mol. The molecule has 0 amide bonds. The molecule has 2 aromatic heterocycles. The van der Waals surface area contributed by atoms with Crippen molar-refractivity contribution in [2.75, 3.05) is 11.9 Å². The molecule has 5 nitrogen and oxygen atoms in total. The Labute approximate surface area is 200 Å². The number of rotatable bonds is 8. The number of imidazole rings is 1. The van der Waals surface area contributed by atoms with Gasteiger partial charge in [0.05, 0.1) is 5.02 Å². The number of nitrogens with one attached hydrogen (secondary N) is 1. The van der Waals surface area contributed by atoms with Gasteiger partial charge in [0.25, 0.3) is 0 Å². The van der Waals surface area contributed by atoms with E-state index in [4.69, 9.17) is 26.5 Å². The van der Waals surface area contributed by atoms with Crippen molar-refractivity contribution in [1.29, 1.82) is 0 Å². The van der Waals surface area contributed by atoms with Crippen molar-refractivity contribution in [1.82, 2.24) is 9.38 Å². The van der Waals surface area contributed by atoms with Gasteiger partial charge in [-0.15, -0.1) is 11.8 Å². The first kappa shape index (κ1) is 26.9. The quantitative estimate of drug-likeness (QED) is 0.249. The van der Waals surface area contributed by atoms with E-state index in [1.165, 1.54) is 4.90 Å². The van der Waals surface area contributed by atoms with Crippen molar-refractivity contribution in [3.05, 3.63) is 47.6 Å². The summed E-state index contributed by atoms with van der Waals surface area (Å²) in [4.78, 5) is 15.1. The molecule has 180 valence electrons. The number of hydrogen-bond acceptors (Lipinski definition) is 4. The molecular weight excluding hydrogens is 475 g/mol. The molecule has 0 fully saturated rings. The molecule has 0 bridgehead atoms. The molecule has 0 aliphatic heterocycles. The largest absolute Gasteiger partial charge is 0.490 e. The summed E-state index contributed by atoms with van der Waals surface area (Å²) in [7, 11) is 0. The van der Waals surface area contributed by atoms with Crippen LogP contribution in [0.1, 0.15) is 40.0 Å². The maximum absolute atomic E-state index is 10.6. The van der Waals surface area contributed by atoms with Crippen LogP contribution in [0.15, 0.2) is 47.5 Å². The fraction of sp³-hybridized carbons (Fsp3) is 0.391. The molecule has 1 unspecified atom stereocenters. The zero-order valence-electron chi connectivity index (χ0n) is 18.6. The predicted octanol–water partition coefficient (Wildman–Crippen LogP) is 7.39. The molecule has 0 spiro atoms. The standard InChI is InChI=1S/C21H26ClN3S.C2HF3O2/c1-4-6-12-23-21-20(24-19-11-10-17(22)14-25(19)21)16-8-7-9-18(13-16)26-15(3)5-2;3-2(4,5)1(6)7/h7-11,13-15,23H,4-6,12H2,1-3H3;(H,6,7). The number of aromatic nitrogens is 2. The van der Waals surface area contributed by atoms with Crippen molar-refractivity contribution in [3.8, 4) is 11.3 Å². The summed E-state index contributed by atoms with van der Waals surface area (Å²) in [6, 6.07) is 12.5. The van der Waals surface area contributed by atoms with Crippen molar-refractivity contribution < 1.29 is 23.1 Å². The Hall–Kier alpha value is -2.39. The number of carboxylic acids is 1. The first-order chi connectivity index (χ1) is 15.6. The van der Waals surface area contributed by atoms with Gasteiger partial charge in [0.1, 0.15) is 17.2 Å². The van der Waals surface area contributed by atoms with E-state index in [1.54, 1.807) is 0 Å². The zero-order valence-corrected chi connectivity index (χ0v) is 20.2. The van der Waals surface area contributed by atoms with Gasteiger partial charge in [-0.3, -0.25) is 4.40 Å². The lowest BCUT2D eigenvalue weighted by Crippen LogP contribution is -2.21. The third-order valence-electron chi connectivity index (χ3n) is 4.67. The number of alkyl halides is 3. The normalized spacial score (nSPS) is 12.2. The molecule has 1 atom stereocenters. The summed E-state index contributed by atoms with van der Waals surface area (Å²) in [5.41, 5.74) is 3.02. The van der Waals surface area contributed by atoms with Crippen LogP contribution >= 0.6 is 23.4 Å². The van der Waals surface area contributed by atoms with Crippen LogP contribution in [0.2, 0.25) is 5.02 Å². The van der Waals surface area contributed by atoms with Crippen LogP contribution in [0.25, 0.3) is 16.9 Å². The van der Waals surface area contributed by atoms with E-state index < -0.39 is 12.1 Å². The van der Waals surface area contributed by atoms with Crippen molar-refractivity contribution in [3.63, 3.8) is 0 Å². The van der Waals surface area contributed by atoms with Crippen LogP contribution in [-0.2, 0) is 4.79 Å². The Bertz CT molecular complexity index is 1070. The Morgan fingerprint density at radius 1 is 1.27 bits per heavy atom. The number of thioether (sulfide) groups is 1. The maximum atomic E-state index is 10.6. The predicted molar refractivity (Wildman–Crippen MR) is 128 cm³/mol. The Morgan fingerprint density at radius 3 is 2.58 bits per heavy atom. The third kappa shape index (κ3) is 7.85. The van der Waals surface area contributed by atoms with Crippen LogP contribution < -0.4 is 5.32 Å². The first-order valence-corrected chi connectivity index (χ1v) is 11.8. The Balaban J connectivity index is 0.000000479. The van der Waals surface area contributed by atoms with Crippen molar-refractivity contribution in [2.24, 2.45) is 0 Å². The zero-order chi connectivity index (χ0) is 24.6. The summed E-state index contributed by atoms with van der Waals surface area (Å²) in [5.74, 6) is -1.74. The molecule has 3 rings (SSSR count).